The van der Waals surface area contributed by atoms with Crippen molar-refractivity contribution in [1.29, 1.82) is 0 Å². The molecule has 1 unspecified atom stereocenters. The molecule has 0 aliphatic rings. The second-order valence-electron chi connectivity index (χ2n) is 8.06. The molecule has 1 N–H and O–H groups in total. The number of furan rings is 1. The van der Waals surface area contributed by atoms with Gasteiger partial charge in [0.1, 0.15) is 29.5 Å². The Morgan fingerprint density at radius 3 is 2.54 bits per heavy atom. The van der Waals surface area contributed by atoms with Crippen molar-refractivity contribution in [2.24, 2.45) is 0 Å². The van der Waals surface area contributed by atoms with E-state index in [1.165, 1.54) is 24.3 Å². The maximum atomic E-state index is 13.2. The van der Waals surface area contributed by atoms with Crippen LogP contribution in [0.25, 0.3) is 22.3 Å². The fourth-order valence-corrected chi connectivity index (χ4v) is 3.44. The summed E-state index contributed by atoms with van der Waals surface area (Å²) in [5.41, 5.74) is 0.305. The van der Waals surface area contributed by atoms with Crippen LogP contribution < -0.4 is 4.74 Å². The van der Waals surface area contributed by atoms with Crippen molar-refractivity contribution in [3.63, 3.8) is 0 Å². The Bertz CT molecular complexity index is 1350. The van der Waals surface area contributed by atoms with Crippen LogP contribution in [0.2, 0.25) is 0 Å². The van der Waals surface area contributed by atoms with Gasteiger partial charge in [-0.1, -0.05) is 61.2 Å². The molecule has 0 spiro atoms. The van der Waals surface area contributed by atoms with Gasteiger partial charge in [-0.05, 0) is 42.3 Å². The number of unbranched alkanes of at least 4 members (excludes halogenated alkanes) is 1. The lowest BCUT2D eigenvalue weighted by atomic mass is 10.1. The maximum absolute atomic E-state index is 13.2. The molecule has 0 saturated heterocycles. The van der Waals surface area contributed by atoms with Crippen molar-refractivity contribution < 1.29 is 28.2 Å². The van der Waals surface area contributed by atoms with E-state index < -0.39 is 11.6 Å². The number of fused-ring (bicyclic) bond motifs is 1. The molecule has 0 aliphatic heterocycles. The Kier molecular flexibility index (Phi) is 7.49. The first kappa shape index (κ1) is 24.1. The lowest BCUT2D eigenvalue weighted by molar-refractivity contribution is -0.162. The van der Waals surface area contributed by atoms with Crippen LogP contribution in [0.5, 0.6) is 5.75 Å². The molecule has 5 nitrogen and oxygen atoms in total. The fraction of sp³-hybridized carbons (Fsp3) is 0.207. The van der Waals surface area contributed by atoms with E-state index in [4.69, 9.17) is 13.9 Å². The molecule has 0 bridgehead atoms. The van der Waals surface area contributed by atoms with Crippen LogP contribution in [-0.4, -0.2) is 23.3 Å². The molecule has 35 heavy (non-hydrogen) atoms. The minimum atomic E-state index is -1.89. The molecule has 6 heteroatoms. The highest BCUT2D eigenvalue weighted by molar-refractivity contribution is 5.84. The summed E-state index contributed by atoms with van der Waals surface area (Å²) in [6, 6.07) is 22.7. The van der Waals surface area contributed by atoms with Gasteiger partial charge in [0.05, 0.1) is 6.61 Å². The molecule has 4 rings (SSSR count). The monoisotopic (exact) mass is 472 g/mol. The SMILES string of the molecule is CCCC#CC(COc1ccc2cc(-c3ccccc3)oc2c1)(OCc1ccc(F)cc1)C(=O)O. The van der Waals surface area contributed by atoms with Crippen molar-refractivity contribution in [1.82, 2.24) is 0 Å². The summed E-state index contributed by atoms with van der Waals surface area (Å²) in [5.74, 6) is 5.15. The number of hydrogen-bond acceptors (Lipinski definition) is 4. The van der Waals surface area contributed by atoms with Crippen molar-refractivity contribution in [3.8, 4) is 28.9 Å². The van der Waals surface area contributed by atoms with Gasteiger partial charge in [0, 0.05) is 23.4 Å². The lowest BCUT2D eigenvalue weighted by Crippen LogP contribution is -2.45. The topological polar surface area (TPSA) is 68.9 Å². The number of carbonyl (C=O) groups is 1. The van der Waals surface area contributed by atoms with Gasteiger partial charge in [-0.25, -0.2) is 9.18 Å². The zero-order valence-electron chi connectivity index (χ0n) is 19.3. The third kappa shape index (κ3) is 5.89. The van der Waals surface area contributed by atoms with Gasteiger partial charge in [-0.15, -0.1) is 0 Å². The van der Waals surface area contributed by atoms with E-state index in [1.807, 2.05) is 49.4 Å². The standard InChI is InChI=1S/C29H25FO5/c1-2-3-7-16-29(28(31)32,34-19-21-10-13-24(30)14-11-21)20-33-25-15-12-23-17-26(35-27(23)18-25)22-8-5-4-6-9-22/h4-6,8-15,17-18H,2-3,19-20H2,1H3,(H,31,32). The van der Waals surface area contributed by atoms with Crippen LogP contribution in [0.4, 0.5) is 4.39 Å². The van der Waals surface area contributed by atoms with Crippen molar-refractivity contribution >= 4 is 16.9 Å². The Morgan fingerprint density at radius 2 is 1.83 bits per heavy atom. The molecule has 1 aromatic heterocycles. The quantitative estimate of drug-likeness (QED) is 0.283. The van der Waals surface area contributed by atoms with E-state index >= 15 is 0 Å². The Hall–Kier alpha value is -4.08. The van der Waals surface area contributed by atoms with E-state index in [0.29, 0.717) is 23.3 Å². The zero-order valence-corrected chi connectivity index (χ0v) is 19.3. The molecule has 178 valence electrons. The summed E-state index contributed by atoms with van der Waals surface area (Å²) in [6.45, 7) is 1.56. The number of carboxylic acids is 1. The molecule has 1 heterocycles. The van der Waals surface area contributed by atoms with E-state index in [2.05, 4.69) is 11.8 Å². The highest BCUT2D eigenvalue weighted by Crippen LogP contribution is 2.30. The Morgan fingerprint density at radius 1 is 1.06 bits per heavy atom. The van der Waals surface area contributed by atoms with Gasteiger partial charge in [-0.2, -0.15) is 0 Å². The first-order valence-electron chi connectivity index (χ1n) is 11.3. The van der Waals surface area contributed by atoms with Crippen LogP contribution in [0.15, 0.2) is 83.3 Å². The van der Waals surface area contributed by atoms with E-state index in [0.717, 1.165) is 23.1 Å². The molecule has 0 aliphatic carbocycles. The summed E-state index contributed by atoms with van der Waals surface area (Å²) in [6.07, 6.45) is 1.30. The number of halogens is 1. The van der Waals surface area contributed by atoms with Gasteiger partial charge in [-0.3, -0.25) is 0 Å². The first-order chi connectivity index (χ1) is 17.0. The van der Waals surface area contributed by atoms with Gasteiger partial charge in [0.25, 0.3) is 5.60 Å². The number of aliphatic carboxylic acids is 1. The summed E-state index contributed by atoms with van der Waals surface area (Å²) in [7, 11) is 0. The predicted octanol–water partition coefficient (Wildman–Crippen LogP) is 6.46. The van der Waals surface area contributed by atoms with Crippen LogP contribution >= 0.6 is 0 Å². The van der Waals surface area contributed by atoms with E-state index in [-0.39, 0.29) is 19.0 Å². The second kappa shape index (κ2) is 10.9. The highest BCUT2D eigenvalue weighted by Gasteiger charge is 2.40. The predicted molar refractivity (Wildman–Crippen MR) is 131 cm³/mol. The smallest absolute Gasteiger partial charge is 0.352 e. The Labute approximate surface area is 203 Å². The molecular formula is C29H25FO5. The molecule has 1 atom stereocenters. The molecular weight excluding hydrogens is 447 g/mol. The number of benzene rings is 3. The van der Waals surface area contributed by atoms with Gasteiger partial charge >= 0.3 is 5.97 Å². The average Bonchev–Trinajstić information content (AvgIpc) is 3.30. The largest absolute Gasteiger partial charge is 0.489 e. The molecule has 0 saturated carbocycles. The third-order valence-corrected chi connectivity index (χ3v) is 5.40. The van der Waals surface area contributed by atoms with Crippen LogP contribution in [0.3, 0.4) is 0 Å². The van der Waals surface area contributed by atoms with Crippen molar-refractivity contribution in [2.75, 3.05) is 6.61 Å². The number of carboxylic acid groups (broad SMARTS) is 1. The molecule has 0 radical (unpaired) electrons. The van der Waals surface area contributed by atoms with Gasteiger partial charge in [0.15, 0.2) is 0 Å². The maximum Gasteiger partial charge on any atom is 0.352 e. The van der Waals surface area contributed by atoms with Crippen LogP contribution in [0.1, 0.15) is 25.3 Å². The lowest BCUT2D eigenvalue weighted by Gasteiger charge is -2.24. The summed E-state index contributed by atoms with van der Waals surface area (Å²) in [5, 5.41) is 10.9. The summed E-state index contributed by atoms with van der Waals surface area (Å²) in [4.78, 5) is 12.3. The number of hydrogen-bond donors (Lipinski definition) is 1. The van der Waals surface area contributed by atoms with Crippen LogP contribution in [-0.2, 0) is 16.1 Å². The second-order valence-corrected chi connectivity index (χ2v) is 8.06. The van der Waals surface area contributed by atoms with Gasteiger partial charge < -0.3 is 19.0 Å². The summed E-state index contributed by atoms with van der Waals surface area (Å²) < 4.78 is 30.9. The molecule has 3 aromatic carbocycles. The highest BCUT2D eigenvalue weighted by atomic mass is 19.1. The minimum Gasteiger partial charge on any atom is -0.489 e. The normalized spacial score (nSPS) is 12.5. The first-order valence-corrected chi connectivity index (χ1v) is 11.3. The Balaban J connectivity index is 1.55. The van der Waals surface area contributed by atoms with E-state index in [1.54, 1.807) is 12.1 Å². The third-order valence-electron chi connectivity index (χ3n) is 5.40. The van der Waals surface area contributed by atoms with Gasteiger partial charge in [0.2, 0.25) is 0 Å². The van der Waals surface area contributed by atoms with E-state index in [9.17, 15) is 14.3 Å². The molecule has 4 aromatic rings. The minimum absolute atomic E-state index is 0.0611. The zero-order chi connectivity index (χ0) is 24.7. The van der Waals surface area contributed by atoms with Crippen molar-refractivity contribution in [3.05, 3.63) is 90.2 Å². The average molecular weight is 473 g/mol. The number of rotatable bonds is 9. The fourth-order valence-electron chi connectivity index (χ4n) is 3.44. The summed E-state index contributed by atoms with van der Waals surface area (Å²) >= 11 is 0. The number of ether oxygens (including phenoxy) is 2. The molecule has 0 amide bonds. The van der Waals surface area contributed by atoms with Crippen molar-refractivity contribution in [2.45, 2.75) is 32.0 Å². The molecule has 0 fully saturated rings. The van der Waals surface area contributed by atoms with Crippen LogP contribution in [0, 0.1) is 17.7 Å².